The Hall–Kier alpha value is -1.57. The number of nitrogens with one attached hydrogen (secondary N) is 2. The molecule has 0 radical (unpaired) electrons. The van der Waals surface area contributed by atoms with E-state index in [0.717, 1.165) is 40.4 Å². The molecule has 0 aliphatic heterocycles. The van der Waals surface area contributed by atoms with E-state index in [-0.39, 0.29) is 5.97 Å². The number of carbonyl (C=O) groups excluding carboxylic acids is 1. The summed E-state index contributed by atoms with van der Waals surface area (Å²) in [6, 6.07) is 8.00. The van der Waals surface area contributed by atoms with Gasteiger partial charge in [-0.1, -0.05) is 19.1 Å². The number of thioether (sulfide) groups is 1. The summed E-state index contributed by atoms with van der Waals surface area (Å²) in [4.78, 5) is 14.7. The zero-order valence-electron chi connectivity index (χ0n) is 15.0. The van der Waals surface area contributed by atoms with Crippen LogP contribution in [0.3, 0.4) is 0 Å². The predicted octanol–water partition coefficient (Wildman–Crippen LogP) is 5.19. The maximum atomic E-state index is 12.4. The third-order valence-corrected chi connectivity index (χ3v) is 6.65. The molecule has 0 saturated carbocycles. The van der Waals surface area contributed by atoms with Crippen LogP contribution < -0.4 is 10.6 Å². The normalized spacial score (nSPS) is 15.9. The fraction of sp³-hybridized carbons (Fsp3) is 0.368. The molecule has 1 atom stereocenters. The van der Waals surface area contributed by atoms with Crippen LogP contribution in [0.25, 0.3) is 0 Å². The molecule has 1 aromatic carbocycles. The SMILES string of the molecule is COC(=O)c1c(NC(=S)Nc2ccccc2SC)sc2c1CCC(C)C2. The second-order valence-corrected chi connectivity index (χ2v) is 8.69. The first kappa shape index (κ1) is 19.2. The second-order valence-electron chi connectivity index (χ2n) is 6.33. The molecule has 0 amide bonds. The largest absolute Gasteiger partial charge is 0.465 e. The lowest BCUT2D eigenvalue weighted by atomic mass is 9.88. The number of benzene rings is 1. The van der Waals surface area contributed by atoms with Gasteiger partial charge in [0.15, 0.2) is 5.11 Å². The van der Waals surface area contributed by atoms with E-state index < -0.39 is 0 Å². The van der Waals surface area contributed by atoms with Gasteiger partial charge in [-0.3, -0.25) is 0 Å². The van der Waals surface area contributed by atoms with Gasteiger partial charge in [-0.05, 0) is 61.4 Å². The van der Waals surface area contributed by atoms with Gasteiger partial charge in [0.2, 0.25) is 0 Å². The fourth-order valence-electron chi connectivity index (χ4n) is 3.16. The number of fused-ring (bicyclic) bond motifs is 1. The molecule has 4 nitrogen and oxygen atoms in total. The standard InChI is InChI=1S/C19H22N2O2S3/c1-11-8-9-12-15(10-11)26-17(16(12)18(22)23-2)21-19(24)20-13-6-4-5-7-14(13)25-3/h4-7,11H,8-10H2,1-3H3,(H2,20,21,24). The van der Waals surface area contributed by atoms with Crippen molar-refractivity contribution in [3.63, 3.8) is 0 Å². The van der Waals surface area contributed by atoms with Gasteiger partial charge in [-0.25, -0.2) is 4.79 Å². The van der Waals surface area contributed by atoms with E-state index in [0.29, 0.717) is 16.6 Å². The van der Waals surface area contributed by atoms with Gasteiger partial charge in [-0.15, -0.1) is 23.1 Å². The van der Waals surface area contributed by atoms with Gasteiger partial charge < -0.3 is 15.4 Å². The summed E-state index contributed by atoms with van der Waals surface area (Å²) in [5.41, 5.74) is 2.71. The van der Waals surface area contributed by atoms with Crippen LogP contribution in [0, 0.1) is 5.92 Å². The van der Waals surface area contributed by atoms with Crippen LogP contribution in [0.2, 0.25) is 0 Å². The summed E-state index contributed by atoms with van der Waals surface area (Å²) in [6.07, 6.45) is 5.04. The summed E-state index contributed by atoms with van der Waals surface area (Å²) < 4.78 is 5.03. The van der Waals surface area contributed by atoms with E-state index >= 15 is 0 Å². The van der Waals surface area contributed by atoms with E-state index in [4.69, 9.17) is 17.0 Å². The number of hydrogen-bond donors (Lipinski definition) is 2. The number of methoxy groups -OCH3 is 1. The quantitative estimate of drug-likeness (QED) is 0.414. The van der Waals surface area contributed by atoms with Crippen molar-refractivity contribution in [2.45, 2.75) is 31.1 Å². The van der Waals surface area contributed by atoms with Crippen LogP contribution in [-0.4, -0.2) is 24.4 Å². The Bertz CT molecular complexity index is 832. The van der Waals surface area contributed by atoms with Crippen LogP contribution in [0.1, 0.15) is 34.1 Å². The maximum Gasteiger partial charge on any atom is 0.341 e. The highest BCUT2D eigenvalue weighted by Crippen LogP contribution is 2.40. The van der Waals surface area contributed by atoms with Crippen molar-refractivity contribution in [1.29, 1.82) is 0 Å². The Labute approximate surface area is 167 Å². The van der Waals surface area contributed by atoms with E-state index in [1.54, 1.807) is 23.1 Å². The van der Waals surface area contributed by atoms with Crippen LogP contribution >= 0.6 is 35.3 Å². The molecule has 1 aliphatic carbocycles. The van der Waals surface area contributed by atoms with Gasteiger partial charge in [-0.2, -0.15) is 0 Å². The fourth-order valence-corrected chi connectivity index (χ4v) is 5.39. The topological polar surface area (TPSA) is 50.4 Å². The van der Waals surface area contributed by atoms with Crippen LogP contribution in [0.4, 0.5) is 10.7 Å². The van der Waals surface area contributed by atoms with Crippen LogP contribution in [-0.2, 0) is 17.6 Å². The molecule has 7 heteroatoms. The molecular formula is C19H22N2O2S3. The first-order valence-corrected chi connectivity index (χ1v) is 10.9. The van der Waals surface area contributed by atoms with E-state index in [1.165, 1.54) is 12.0 Å². The zero-order valence-corrected chi connectivity index (χ0v) is 17.5. The Morgan fingerprint density at radius 2 is 2.12 bits per heavy atom. The van der Waals surface area contributed by atoms with Crippen molar-refractivity contribution in [2.75, 3.05) is 24.0 Å². The number of rotatable bonds is 4. The average Bonchev–Trinajstić information content (AvgIpc) is 2.98. The van der Waals surface area contributed by atoms with Crippen molar-refractivity contribution in [2.24, 2.45) is 5.92 Å². The van der Waals surface area contributed by atoms with Crippen molar-refractivity contribution in [3.8, 4) is 0 Å². The summed E-state index contributed by atoms with van der Waals surface area (Å²) >= 11 is 8.76. The molecule has 0 saturated heterocycles. The minimum absolute atomic E-state index is 0.299. The monoisotopic (exact) mass is 406 g/mol. The maximum absolute atomic E-state index is 12.4. The molecule has 2 N–H and O–H groups in total. The summed E-state index contributed by atoms with van der Waals surface area (Å²) in [5, 5.41) is 7.71. The smallest absolute Gasteiger partial charge is 0.341 e. The lowest BCUT2D eigenvalue weighted by Gasteiger charge is -2.18. The predicted molar refractivity (Wildman–Crippen MR) is 115 cm³/mol. The van der Waals surface area contributed by atoms with Crippen molar-refractivity contribution in [3.05, 3.63) is 40.3 Å². The summed E-state index contributed by atoms with van der Waals surface area (Å²) in [7, 11) is 1.42. The molecule has 1 heterocycles. The Kier molecular flexibility index (Phi) is 6.21. The van der Waals surface area contributed by atoms with Gasteiger partial charge >= 0.3 is 5.97 Å². The third-order valence-electron chi connectivity index (χ3n) is 4.48. The molecule has 1 aromatic heterocycles. The number of anilines is 2. The molecule has 26 heavy (non-hydrogen) atoms. The van der Waals surface area contributed by atoms with Crippen molar-refractivity contribution >= 4 is 57.1 Å². The van der Waals surface area contributed by atoms with E-state index in [2.05, 4.69) is 17.6 Å². The first-order chi connectivity index (χ1) is 12.5. The highest BCUT2D eigenvalue weighted by Gasteiger charge is 2.28. The highest BCUT2D eigenvalue weighted by molar-refractivity contribution is 7.98. The lowest BCUT2D eigenvalue weighted by Crippen LogP contribution is -2.20. The molecule has 0 fully saturated rings. The van der Waals surface area contributed by atoms with Crippen molar-refractivity contribution < 1.29 is 9.53 Å². The Morgan fingerprint density at radius 3 is 2.85 bits per heavy atom. The van der Waals surface area contributed by atoms with Gasteiger partial charge in [0.25, 0.3) is 0 Å². The Balaban J connectivity index is 1.85. The number of hydrogen-bond acceptors (Lipinski definition) is 5. The van der Waals surface area contributed by atoms with Gasteiger partial charge in [0.05, 0.1) is 18.4 Å². The number of ether oxygens (including phenoxy) is 1. The van der Waals surface area contributed by atoms with E-state index in [1.807, 2.05) is 30.5 Å². The lowest BCUT2D eigenvalue weighted by molar-refractivity contribution is 0.0601. The minimum Gasteiger partial charge on any atom is -0.465 e. The Morgan fingerprint density at radius 1 is 1.35 bits per heavy atom. The molecule has 138 valence electrons. The zero-order chi connectivity index (χ0) is 18.7. The summed E-state index contributed by atoms with van der Waals surface area (Å²) in [5.74, 6) is 0.338. The molecule has 0 bridgehead atoms. The number of esters is 1. The van der Waals surface area contributed by atoms with Gasteiger partial charge in [0, 0.05) is 9.77 Å². The average molecular weight is 407 g/mol. The number of carbonyl (C=O) groups is 1. The number of thiocarbonyl (C=S) groups is 1. The highest BCUT2D eigenvalue weighted by atomic mass is 32.2. The molecule has 2 aromatic rings. The van der Waals surface area contributed by atoms with E-state index in [9.17, 15) is 4.79 Å². The minimum atomic E-state index is -0.299. The number of para-hydroxylation sites is 1. The molecular weight excluding hydrogens is 384 g/mol. The van der Waals surface area contributed by atoms with Crippen LogP contribution in [0.5, 0.6) is 0 Å². The molecule has 1 aliphatic rings. The summed E-state index contributed by atoms with van der Waals surface area (Å²) in [6.45, 7) is 2.25. The van der Waals surface area contributed by atoms with Gasteiger partial charge in [0.1, 0.15) is 5.00 Å². The van der Waals surface area contributed by atoms with Crippen LogP contribution in [0.15, 0.2) is 29.2 Å². The van der Waals surface area contributed by atoms with Crippen molar-refractivity contribution in [1.82, 2.24) is 0 Å². The number of thiophene rings is 1. The second kappa shape index (κ2) is 8.41. The first-order valence-electron chi connectivity index (χ1n) is 8.47. The molecule has 1 unspecified atom stereocenters. The molecule has 3 rings (SSSR count). The third kappa shape index (κ3) is 4.05. The molecule has 0 spiro atoms.